The molecule has 0 radical (unpaired) electrons. The van der Waals surface area contributed by atoms with E-state index in [1.807, 2.05) is 0 Å². The molecule has 3 fully saturated rings. The van der Waals surface area contributed by atoms with Gasteiger partial charge < -0.3 is 9.47 Å². The number of ether oxygens (including phenoxy) is 2. The van der Waals surface area contributed by atoms with E-state index in [9.17, 15) is 9.59 Å². The molecular weight excluding hydrogens is 617 g/mol. The number of unbranched alkanes of at least 4 members (excludes halogenated alkanes) is 11. The van der Waals surface area contributed by atoms with Crippen molar-refractivity contribution in [3.05, 3.63) is 23.8 Å². The van der Waals surface area contributed by atoms with Crippen LogP contribution in [0.5, 0.6) is 0 Å². The third-order valence-corrected chi connectivity index (χ3v) is 14.4. The zero-order chi connectivity index (χ0) is 36.0. The lowest BCUT2D eigenvalue weighted by atomic mass is 9.47. The lowest BCUT2D eigenvalue weighted by molar-refractivity contribution is -0.141. The van der Waals surface area contributed by atoms with Crippen LogP contribution in [0.2, 0.25) is 0 Å². The normalized spacial score (nSPS) is 31.2. The van der Waals surface area contributed by atoms with Crippen molar-refractivity contribution in [1.82, 2.24) is 0 Å². The molecule has 4 rings (SSSR count). The SMILES string of the molecule is CCCCCCCC/C=C\CCCCCCCC(=O)OC(=O)O[C@H]1CC[C@@]2(C)C(=CC[C@H]3[C@@H]4CC[C@H]([C@H](C)CCCC(C)C)[C@@]4(C)CC[C@@H]32)C1. The van der Waals surface area contributed by atoms with Crippen molar-refractivity contribution < 1.29 is 19.1 Å². The Balaban J connectivity index is 1.11. The highest BCUT2D eigenvalue weighted by Crippen LogP contribution is 2.67. The van der Waals surface area contributed by atoms with Crippen molar-refractivity contribution in [3.63, 3.8) is 0 Å². The van der Waals surface area contributed by atoms with Crippen molar-refractivity contribution >= 4 is 12.1 Å². The predicted octanol–water partition coefficient (Wildman–Crippen LogP) is 14.1. The van der Waals surface area contributed by atoms with Crippen LogP contribution < -0.4 is 0 Å². The molecule has 0 saturated heterocycles. The smallest absolute Gasteiger partial charge is 0.430 e. The fraction of sp³-hybridized carbons (Fsp3) is 0.870. The van der Waals surface area contributed by atoms with E-state index in [0.717, 1.165) is 80.5 Å². The molecule has 3 saturated carbocycles. The molecule has 0 aromatic rings. The van der Waals surface area contributed by atoms with Gasteiger partial charge >= 0.3 is 12.1 Å². The Morgan fingerprint density at radius 1 is 0.800 bits per heavy atom. The number of rotatable bonds is 21. The standard InChI is InChI=1S/C46H78O4/c1-7-8-9-10-11-12-13-14-15-16-17-18-19-20-21-25-43(47)50-44(48)49-38-30-32-45(5)37(34-38)26-27-39-41-29-28-40(36(4)24-22-23-35(2)3)46(41,6)33-31-42(39)45/h14-15,26,35-36,38-42H,7-13,16-25,27-34H2,1-6H3/b15-14-/t36-,38+,39+,40-,41+,42+,45+,46-/m1/s1. The molecule has 0 heterocycles. The molecule has 0 unspecified atom stereocenters. The highest BCUT2D eigenvalue weighted by Gasteiger charge is 2.59. The van der Waals surface area contributed by atoms with Crippen molar-refractivity contribution in [2.45, 2.75) is 208 Å². The van der Waals surface area contributed by atoms with Crippen LogP contribution >= 0.6 is 0 Å². The van der Waals surface area contributed by atoms with Gasteiger partial charge in [-0.3, -0.25) is 4.79 Å². The zero-order valence-electron chi connectivity index (χ0n) is 33.6. The average molecular weight is 695 g/mol. The molecule has 4 heteroatoms. The first-order valence-corrected chi connectivity index (χ1v) is 21.8. The Labute approximate surface area is 308 Å². The second kappa shape index (κ2) is 20.6. The van der Waals surface area contributed by atoms with E-state index in [4.69, 9.17) is 9.47 Å². The number of hydrogen-bond donors (Lipinski definition) is 0. The summed E-state index contributed by atoms with van der Waals surface area (Å²) in [6.07, 6.45) is 36.0. The molecule has 50 heavy (non-hydrogen) atoms. The van der Waals surface area contributed by atoms with E-state index in [-0.39, 0.29) is 11.5 Å². The molecule has 0 N–H and O–H groups in total. The molecule has 0 aromatic carbocycles. The van der Waals surface area contributed by atoms with Gasteiger partial charge in [-0.05, 0) is 123 Å². The molecule has 0 bridgehead atoms. The highest BCUT2D eigenvalue weighted by molar-refractivity contribution is 5.81. The Morgan fingerprint density at radius 3 is 2.18 bits per heavy atom. The summed E-state index contributed by atoms with van der Waals surface area (Å²) in [6, 6.07) is 0. The molecule has 0 aliphatic heterocycles. The van der Waals surface area contributed by atoms with Crippen LogP contribution in [0, 0.1) is 46.3 Å². The minimum Gasteiger partial charge on any atom is -0.430 e. The van der Waals surface area contributed by atoms with E-state index in [2.05, 4.69) is 59.8 Å². The summed E-state index contributed by atoms with van der Waals surface area (Å²) in [5.41, 5.74) is 2.22. The van der Waals surface area contributed by atoms with Gasteiger partial charge in [0, 0.05) is 12.8 Å². The first-order valence-electron chi connectivity index (χ1n) is 21.8. The van der Waals surface area contributed by atoms with Crippen LogP contribution in [0.3, 0.4) is 0 Å². The molecule has 0 spiro atoms. The molecule has 4 nitrogen and oxygen atoms in total. The summed E-state index contributed by atoms with van der Waals surface area (Å²) >= 11 is 0. The molecule has 4 aliphatic rings. The van der Waals surface area contributed by atoms with Crippen molar-refractivity contribution in [2.24, 2.45) is 46.3 Å². The van der Waals surface area contributed by atoms with Crippen LogP contribution in [-0.4, -0.2) is 18.2 Å². The summed E-state index contributed by atoms with van der Waals surface area (Å²) in [5.74, 6) is 4.49. The average Bonchev–Trinajstić information content (AvgIpc) is 3.43. The summed E-state index contributed by atoms with van der Waals surface area (Å²) < 4.78 is 10.9. The van der Waals surface area contributed by atoms with Crippen molar-refractivity contribution in [3.8, 4) is 0 Å². The number of carbonyl (C=O) groups is 2. The fourth-order valence-electron chi connectivity index (χ4n) is 11.4. The maximum absolute atomic E-state index is 12.6. The lowest BCUT2D eigenvalue weighted by Gasteiger charge is -2.58. The number of hydrogen-bond acceptors (Lipinski definition) is 4. The topological polar surface area (TPSA) is 52.6 Å². The maximum atomic E-state index is 12.6. The number of fused-ring (bicyclic) bond motifs is 5. The molecule has 0 amide bonds. The van der Waals surface area contributed by atoms with Gasteiger partial charge in [0.2, 0.25) is 0 Å². The van der Waals surface area contributed by atoms with Crippen LogP contribution in [-0.2, 0) is 14.3 Å². The van der Waals surface area contributed by atoms with Gasteiger partial charge in [-0.15, -0.1) is 0 Å². The number of allylic oxidation sites excluding steroid dienone is 3. The minimum absolute atomic E-state index is 0.178. The second-order valence-electron chi connectivity index (χ2n) is 18.3. The van der Waals surface area contributed by atoms with Gasteiger partial charge in [-0.25, -0.2) is 4.79 Å². The summed E-state index contributed by atoms with van der Waals surface area (Å²) in [7, 11) is 0. The van der Waals surface area contributed by atoms with Gasteiger partial charge in [-0.2, -0.15) is 0 Å². The Morgan fingerprint density at radius 2 is 1.48 bits per heavy atom. The molecule has 8 atom stereocenters. The second-order valence-corrected chi connectivity index (χ2v) is 18.3. The predicted molar refractivity (Wildman–Crippen MR) is 209 cm³/mol. The summed E-state index contributed by atoms with van der Waals surface area (Å²) in [6.45, 7) is 14.7. The molecule has 4 aliphatic carbocycles. The minimum atomic E-state index is -0.793. The highest BCUT2D eigenvalue weighted by atomic mass is 16.7. The van der Waals surface area contributed by atoms with Gasteiger partial charge in [0.15, 0.2) is 0 Å². The van der Waals surface area contributed by atoms with E-state index in [1.165, 1.54) is 115 Å². The van der Waals surface area contributed by atoms with E-state index in [1.54, 1.807) is 0 Å². The van der Waals surface area contributed by atoms with Crippen LogP contribution in [0.25, 0.3) is 0 Å². The van der Waals surface area contributed by atoms with Gasteiger partial charge in [-0.1, -0.05) is 136 Å². The fourth-order valence-corrected chi connectivity index (χ4v) is 11.4. The van der Waals surface area contributed by atoms with Crippen molar-refractivity contribution in [1.29, 1.82) is 0 Å². The number of esters is 1. The van der Waals surface area contributed by atoms with Crippen LogP contribution in [0.1, 0.15) is 202 Å². The largest absolute Gasteiger partial charge is 0.516 e. The Kier molecular flexibility index (Phi) is 17.0. The van der Waals surface area contributed by atoms with E-state index >= 15 is 0 Å². The summed E-state index contributed by atoms with van der Waals surface area (Å²) in [5, 5.41) is 0. The van der Waals surface area contributed by atoms with Gasteiger partial charge in [0.25, 0.3) is 0 Å². The summed E-state index contributed by atoms with van der Waals surface area (Å²) in [4.78, 5) is 25.0. The zero-order valence-corrected chi connectivity index (χ0v) is 33.6. The van der Waals surface area contributed by atoms with Gasteiger partial charge in [0.05, 0.1) is 0 Å². The first kappa shape index (κ1) is 41.2. The van der Waals surface area contributed by atoms with Crippen molar-refractivity contribution in [2.75, 3.05) is 0 Å². The first-order chi connectivity index (χ1) is 24.1. The lowest BCUT2D eigenvalue weighted by Crippen LogP contribution is -2.51. The monoisotopic (exact) mass is 695 g/mol. The third-order valence-electron chi connectivity index (χ3n) is 14.4. The van der Waals surface area contributed by atoms with E-state index < -0.39 is 12.1 Å². The third kappa shape index (κ3) is 11.5. The number of carbonyl (C=O) groups excluding carboxylic acids is 2. The quantitative estimate of drug-likeness (QED) is 0.0519. The van der Waals surface area contributed by atoms with Gasteiger partial charge in [0.1, 0.15) is 6.10 Å². The molecule has 286 valence electrons. The maximum Gasteiger partial charge on any atom is 0.516 e. The Bertz CT molecular complexity index is 1090. The molecule has 0 aromatic heterocycles. The Hall–Kier alpha value is -1.58. The molecular formula is C46H78O4. The van der Waals surface area contributed by atoms with Crippen LogP contribution in [0.15, 0.2) is 23.8 Å². The van der Waals surface area contributed by atoms with E-state index in [0.29, 0.717) is 11.8 Å². The van der Waals surface area contributed by atoms with Crippen LogP contribution in [0.4, 0.5) is 4.79 Å².